The van der Waals surface area contributed by atoms with Crippen molar-refractivity contribution < 1.29 is 14.3 Å². The molecule has 43 heavy (non-hydrogen) atoms. The molecule has 5 aliphatic rings. The quantitative estimate of drug-likeness (QED) is 0.392. The van der Waals surface area contributed by atoms with E-state index in [0.717, 1.165) is 65.9 Å². The number of anilines is 1. The number of ether oxygens (including phenoxy) is 1. The van der Waals surface area contributed by atoms with Crippen LogP contribution in [0, 0.1) is 0 Å². The lowest BCUT2D eigenvalue weighted by atomic mass is 9.71. The van der Waals surface area contributed by atoms with Gasteiger partial charge in [0.2, 0.25) is 5.91 Å². The number of methoxy groups -OCH3 is 1. The SMILES string of the molecule is COc1ccc([C@@H]2CN(C)[C@]3(C(=O)Nc4ccccc43)[C@]23SC2=NC4=C(CCCCC4)[C@H](c4ccccc4)N2C3=O)cc1. The van der Waals surface area contributed by atoms with Crippen molar-refractivity contribution in [2.75, 3.05) is 26.0 Å². The van der Waals surface area contributed by atoms with Gasteiger partial charge in [-0.3, -0.25) is 19.4 Å². The summed E-state index contributed by atoms with van der Waals surface area (Å²) in [5, 5.41) is 3.88. The number of fused-ring (bicyclic) bond motifs is 4. The summed E-state index contributed by atoms with van der Waals surface area (Å²) in [5.41, 5.74) is 4.87. The third kappa shape index (κ3) is 3.50. The van der Waals surface area contributed by atoms with Gasteiger partial charge in [0.1, 0.15) is 10.5 Å². The minimum absolute atomic E-state index is 0.0436. The number of nitrogens with one attached hydrogen (secondary N) is 1. The lowest BCUT2D eigenvalue weighted by Gasteiger charge is -2.42. The van der Waals surface area contributed by atoms with Gasteiger partial charge in [-0.05, 0) is 67.6 Å². The van der Waals surface area contributed by atoms with E-state index >= 15 is 4.79 Å². The first kappa shape index (κ1) is 26.7. The van der Waals surface area contributed by atoms with E-state index in [1.165, 1.54) is 17.3 Å². The Morgan fingerprint density at radius 2 is 1.65 bits per heavy atom. The van der Waals surface area contributed by atoms with Gasteiger partial charge in [-0.1, -0.05) is 78.8 Å². The highest BCUT2D eigenvalue weighted by molar-refractivity contribution is 8.16. The summed E-state index contributed by atoms with van der Waals surface area (Å²) in [6, 6.07) is 26.0. The van der Waals surface area contributed by atoms with Crippen LogP contribution in [-0.2, 0) is 15.1 Å². The highest BCUT2D eigenvalue weighted by Crippen LogP contribution is 2.67. The molecule has 0 unspecified atom stereocenters. The number of carbonyl (C=O) groups is 2. The number of allylic oxidation sites excluding steroid dienone is 1. The van der Waals surface area contributed by atoms with Crippen LogP contribution in [0.1, 0.15) is 60.8 Å². The number of rotatable bonds is 3. The third-order valence-electron chi connectivity index (χ3n) is 10.1. The van der Waals surface area contributed by atoms with Crippen LogP contribution in [-0.4, -0.2) is 52.2 Å². The van der Waals surface area contributed by atoms with E-state index in [1.807, 2.05) is 78.7 Å². The summed E-state index contributed by atoms with van der Waals surface area (Å²) < 4.78 is 4.30. The molecule has 0 saturated carbocycles. The van der Waals surface area contributed by atoms with E-state index in [2.05, 4.69) is 22.3 Å². The number of nitrogens with zero attached hydrogens (tertiary/aromatic N) is 3. The fraction of sp³-hybridized carbons (Fsp3) is 0.343. The third-order valence-corrected chi connectivity index (χ3v) is 11.7. The molecule has 2 fully saturated rings. The maximum atomic E-state index is 15.6. The van der Waals surface area contributed by atoms with Crippen molar-refractivity contribution in [2.45, 2.75) is 54.3 Å². The molecule has 1 N–H and O–H groups in total. The fourth-order valence-corrected chi connectivity index (χ4v) is 10.0. The molecule has 0 bridgehead atoms. The van der Waals surface area contributed by atoms with E-state index in [9.17, 15) is 4.79 Å². The molecule has 8 rings (SSSR count). The molecule has 218 valence electrons. The van der Waals surface area contributed by atoms with E-state index in [-0.39, 0.29) is 23.8 Å². The van der Waals surface area contributed by atoms with Gasteiger partial charge < -0.3 is 10.1 Å². The van der Waals surface area contributed by atoms with Crippen LogP contribution < -0.4 is 10.1 Å². The van der Waals surface area contributed by atoms with Crippen LogP contribution in [0.2, 0.25) is 0 Å². The summed E-state index contributed by atoms with van der Waals surface area (Å²) in [6.07, 6.45) is 5.17. The number of likely N-dealkylation sites (tertiary alicyclic amines) is 1. The summed E-state index contributed by atoms with van der Waals surface area (Å²) in [7, 11) is 3.64. The predicted molar refractivity (Wildman–Crippen MR) is 169 cm³/mol. The number of benzene rings is 3. The average molecular weight is 591 g/mol. The van der Waals surface area contributed by atoms with Crippen LogP contribution in [0.25, 0.3) is 0 Å². The molecule has 2 amide bonds. The average Bonchev–Trinajstić information content (AvgIpc) is 3.50. The van der Waals surface area contributed by atoms with Gasteiger partial charge in [0.05, 0.1) is 13.2 Å². The Labute approximate surface area is 256 Å². The van der Waals surface area contributed by atoms with E-state index in [1.54, 1.807) is 7.11 Å². The molecule has 7 nitrogen and oxygen atoms in total. The second kappa shape index (κ2) is 9.82. The number of para-hydroxylation sites is 1. The maximum Gasteiger partial charge on any atom is 0.251 e. The van der Waals surface area contributed by atoms with Gasteiger partial charge in [-0.15, -0.1) is 0 Å². The first-order chi connectivity index (χ1) is 21.0. The molecule has 0 aromatic heterocycles. The van der Waals surface area contributed by atoms with Gasteiger partial charge in [0.25, 0.3) is 5.91 Å². The Balaban J connectivity index is 1.38. The number of hydrogen-bond acceptors (Lipinski definition) is 6. The van der Waals surface area contributed by atoms with Crippen molar-refractivity contribution in [3.8, 4) is 5.75 Å². The molecule has 8 heteroatoms. The van der Waals surface area contributed by atoms with Crippen LogP contribution in [0.4, 0.5) is 5.69 Å². The summed E-state index contributed by atoms with van der Waals surface area (Å²) >= 11 is 1.51. The predicted octanol–water partition coefficient (Wildman–Crippen LogP) is 6.22. The molecule has 3 aromatic rings. The Morgan fingerprint density at radius 1 is 0.907 bits per heavy atom. The topological polar surface area (TPSA) is 74.2 Å². The first-order valence-electron chi connectivity index (χ1n) is 15.1. The molecule has 4 atom stereocenters. The van der Waals surface area contributed by atoms with E-state index in [0.29, 0.717) is 11.7 Å². The lowest BCUT2D eigenvalue weighted by molar-refractivity contribution is -0.139. The largest absolute Gasteiger partial charge is 0.497 e. The smallest absolute Gasteiger partial charge is 0.251 e. The molecular formula is C35H34N4O3S. The van der Waals surface area contributed by atoms with Crippen molar-refractivity contribution >= 4 is 34.4 Å². The standard InChI is InChI=1S/C35H34N4O3S/c1-38-21-27(22-17-19-24(42-2)20-18-22)35(34(38)26-14-9-10-16-29(26)36-31(34)40)32(41)39-30(23-11-5-3-6-12-23)25-13-7-4-8-15-28(25)37-33(39)43-35/h3,5-6,9-12,14,16-20,27,30H,4,7-8,13,15,21H2,1-2H3,(H,36,40)/t27-,30-,34+,35-/m0/s1. The molecule has 1 aliphatic carbocycles. The minimum atomic E-state index is -1.21. The zero-order valence-corrected chi connectivity index (χ0v) is 25.2. The molecule has 4 heterocycles. The van der Waals surface area contributed by atoms with Crippen molar-refractivity contribution in [3.05, 3.63) is 107 Å². The number of thioether (sulfide) groups is 1. The van der Waals surface area contributed by atoms with Crippen molar-refractivity contribution in [1.82, 2.24) is 9.80 Å². The van der Waals surface area contributed by atoms with Gasteiger partial charge >= 0.3 is 0 Å². The molecule has 2 saturated heterocycles. The summed E-state index contributed by atoms with van der Waals surface area (Å²) in [4.78, 5) is 39.5. The summed E-state index contributed by atoms with van der Waals surface area (Å²) in [6.45, 7) is 0.539. The maximum absolute atomic E-state index is 15.6. The molecule has 4 aliphatic heterocycles. The normalized spacial score (nSPS) is 29.8. The van der Waals surface area contributed by atoms with Crippen LogP contribution in [0.3, 0.4) is 0 Å². The molecule has 2 spiro atoms. The Bertz CT molecular complexity index is 1700. The molecule has 0 radical (unpaired) electrons. The van der Waals surface area contributed by atoms with Crippen molar-refractivity contribution in [1.29, 1.82) is 0 Å². The van der Waals surface area contributed by atoms with Gasteiger partial charge in [-0.2, -0.15) is 0 Å². The number of aliphatic imine (C=N–C) groups is 1. The molecular weight excluding hydrogens is 556 g/mol. The van der Waals surface area contributed by atoms with Gasteiger partial charge in [0, 0.05) is 29.4 Å². The van der Waals surface area contributed by atoms with Gasteiger partial charge in [0.15, 0.2) is 10.7 Å². The zero-order valence-electron chi connectivity index (χ0n) is 24.4. The highest BCUT2D eigenvalue weighted by Gasteiger charge is 2.78. The second-order valence-electron chi connectivity index (χ2n) is 12.2. The Morgan fingerprint density at radius 3 is 2.44 bits per heavy atom. The summed E-state index contributed by atoms with van der Waals surface area (Å²) in [5.74, 6) is 0.284. The van der Waals surface area contributed by atoms with Crippen LogP contribution >= 0.6 is 11.8 Å². The van der Waals surface area contributed by atoms with E-state index in [4.69, 9.17) is 9.73 Å². The fourth-order valence-electron chi connectivity index (χ4n) is 8.27. The van der Waals surface area contributed by atoms with Gasteiger partial charge in [-0.25, -0.2) is 4.99 Å². The second-order valence-corrected chi connectivity index (χ2v) is 13.4. The number of amides is 2. The van der Waals surface area contributed by atoms with Crippen molar-refractivity contribution in [3.63, 3.8) is 0 Å². The number of likely N-dealkylation sites (N-methyl/N-ethyl adjacent to an activating group) is 1. The Hall–Kier alpha value is -3.88. The number of carbonyl (C=O) groups excluding carboxylic acids is 2. The van der Waals surface area contributed by atoms with E-state index < -0.39 is 10.3 Å². The monoisotopic (exact) mass is 590 g/mol. The van der Waals surface area contributed by atoms with Crippen LogP contribution in [0.15, 0.2) is 95.1 Å². The highest BCUT2D eigenvalue weighted by atomic mass is 32.2. The number of hydrogen-bond donors (Lipinski definition) is 1. The zero-order chi connectivity index (χ0) is 29.3. The molecule has 3 aromatic carbocycles. The first-order valence-corrected chi connectivity index (χ1v) is 16.0. The Kier molecular flexibility index (Phi) is 6.11. The number of amidine groups is 1. The lowest BCUT2D eigenvalue weighted by Crippen LogP contribution is -2.62. The van der Waals surface area contributed by atoms with Crippen molar-refractivity contribution in [2.24, 2.45) is 4.99 Å². The van der Waals surface area contributed by atoms with Crippen LogP contribution in [0.5, 0.6) is 5.75 Å². The minimum Gasteiger partial charge on any atom is -0.497 e.